The van der Waals surface area contributed by atoms with Crippen LogP contribution in [0.3, 0.4) is 0 Å². The molecular weight excluding hydrogens is 332 g/mol. The van der Waals surface area contributed by atoms with Crippen molar-refractivity contribution in [2.45, 2.75) is 25.7 Å². The van der Waals surface area contributed by atoms with Crippen LogP contribution in [0, 0.1) is 16.0 Å². The lowest BCUT2D eigenvalue weighted by Gasteiger charge is -2.12. The highest BCUT2D eigenvalue weighted by atomic mass is 16.6. The molecule has 1 saturated carbocycles. The molecule has 2 aromatic carbocycles. The number of nitrogens with two attached hydrogens (primary N) is 1. The number of nitrogen functional groups attached to an aromatic ring is 1. The van der Waals surface area contributed by atoms with E-state index in [9.17, 15) is 14.9 Å². The summed E-state index contributed by atoms with van der Waals surface area (Å²) in [4.78, 5) is 22.6. The molecule has 0 heterocycles. The molecule has 0 aromatic heterocycles. The predicted octanol–water partition coefficient (Wildman–Crippen LogP) is 4.03. The lowest BCUT2D eigenvalue weighted by atomic mass is 10.1. The van der Waals surface area contributed by atoms with Crippen LogP contribution < -0.4 is 16.4 Å². The third-order valence-corrected chi connectivity index (χ3v) is 4.70. The molecule has 0 aliphatic heterocycles. The number of rotatable bonds is 6. The van der Waals surface area contributed by atoms with Crippen molar-refractivity contribution in [2.75, 3.05) is 22.9 Å². The maximum atomic E-state index is 12.3. The van der Waals surface area contributed by atoms with Gasteiger partial charge in [-0.3, -0.25) is 14.9 Å². The molecule has 0 unspecified atom stereocenters. The highest BCUT2D eigenvalue weighted by molar-refractivity contribution is 6.05. The first kappa shape index (κ1) is 17.7. The molecule has 136 valence electrons. The molecule has 4 N–H and O–H groups in total. The van der Waals surface area contributed by atoms with E-state index in [1.807, 2.05) is 12.1 Å². The minimum Gasteiger partial charge on any atom is -0.393 e. The van der Waals surface area contributed by atoms with E-state index in [4.69, 9.17) is 5.73 Å². The average molecular weight is 354 g/mol. The maximum Gasteiger partial charge on any atom is 0.292 e. The maximum absolute atomic E-state index is 12.3. The van der Waals surface area contributed by atoms with Crippen molar-refractivity contribution in [3.63, 3.8) is 0 Å². The lowest BCUT2D eigenvalue weighted by Crippen LogP contribution is -2.13. The zero-order chi connectivity index (χ0) is 18.5. The van der Waals surface area contributed by atoms with Crippen molar-refractivity contribution in [2.24, 2.45) is 5.92 Å². The van der Waals surface area contributed by atoms with Gasteiger partial charge in [0.1, 0.15) is 5.69 Å². The smallest absolute Gasteiger partial charge is 0.292 e. The van der Waals surface area contributed by atoms with E-state index in [1.165, 1.54) is 43.9 Å². The number of nitrogens with one attached hydrogen (secondary N) is 2. The Hall–Kier alpha value is -3.09. The summed E-state index contributed by atoms with van der Waals surface area (Å²) < 4.78 is 0. The van der Waals surface area contributed by atoms with E-state index in [0.29, 0.717) is 5.69 Å². The molecule has 0 spiro atoms. The molecule has 0 radical (unpaired) electrons. The first-order valence-corrected chi connectivity index (χ1v) is 8.72. The molecule has 0 saturated heterocycles. The van der Waals surface area contributed by atoms with Gasteiger partial charge < -0.3 is 16.4 Å². The Bertz CT molecular complexity index is 799. The van der Waals surface area contributed by atoms with Crippen molar-refractivity contribution in [1.82, 2.24) is 0 Å². The van der Waals surface area contributed by atoms with Crippen LogP contribution in [-0.4, -0.2) is 17.4 Å². The number of hydrogen-bond acceptors (Lipinski definition) is 5. The predicted molar refractivity (Wildman–Crippen MR) is 102 cm³/mol. The molecule has 1 aliphatic rings. The fourth-order valence-electron chi connectivity index (χ4n) is 3.19. The van der Waals surface area contributed by atoms with Crippen LogP contribution in [0.4, 0.5) is 22.7 Å². The summed E-state index contributed by atoms with van der Waals surface area (Å²) in [5.74, 6) is 0.329. The summed E-state index contributed by atoms with van der Waals surface area (Å²) in [7, 11) is 0. The average Bonchev–Trinajstić information content (AvgIpc) is 3.15. The Kier molecular flexibility index (Phi) is 5.36. The van der Waals surface area contributed by atoms with Crippen LogP contribution in [0.1, 0.15) is 36.0 Å². The summed E-state index contributed by atoms with van der Waals surface area (Å²) in [6.45, 7) is 0.973. The fourth-order valence-corrected chi connectivity index (χ4v) is 3.19. The summed E-state index contributed by atoms with van der Waals surface area (Å²) in [5.41, 5.74) is 7.14. The number of carbonyl (C=O) groups excluding carboxylic acids is 1. The Morgan fingerprint density at radius 2 is 1.77 bits per heavy atom. The minimum absolute atomic E-state index is 0.0317. The number of hydrogen-bond donors (Lipinski definition) is 3. The van der Waals surface area contributed by atoms with Crippen molar-refractivity contribution in [1.29, 1.82) is 0 Å². The van der Waals surface area contributed by atoms with Crippen molar-refractivity contribution in [3.05, 3.63) is 58.1 Å². The molecule has 7 heteroatoms. The van der Waals surface area contributed by atoms with E-state index >= 15 is 0 Å². The summed E-state index contributed by atoms with van der Waals surface area (Å²) in [6, 6.07) is 11.5. The Morgan fingerprint density at radius 1 is 1.12 bits per heavy atom. The van der Waals surface area contributed by atoms with E-state index in [1.54, 1.807) is 12.1 Å². The number of amides is 1. The summed E-state index contributed by atoms with van der Waals surface area (Å²) in [6.07, 6.45) is 5.21. The van der Waals surface area contributed by atoms with Gasteiger partial charge in [-0.1, -0.05) is 12.8 Å². The van der Waals surface area contributed by atoms with Gasteiger partial charge in [-0.25, -0.2) is 0 Å². The molecule has 0 atom stereocenters. The van der Waals surface area contributed by atoms with Crippen molar-refractivity contribution < 1.29 is 9.72 Å². The topological polar surface area (TPSA) is 110 Å². The van der Waals surface area contributed by atoms with E-state index in [-0.39, 0.29) is 16.9 Å². The SMILES string of the molecule is Nc1ccc(C(=O)Nc2ccc(NCC3CCCC3)cc2)cc1[N+](=O)[O-]. The van der Waals surface area contributed by atoms with E-state index in [2.05, 4.69) is 10.6 Å². The molecule has 26 heavy (non-hydrogen) atoms. The van der Waals surface area contributed by atoms with Crippen LogP contribution in [0.15, 0.2) is 42.5 Å². The van der Waals surface area contributed by atoms with Gasteiger partial charge >= 0.3 is 0 Å². The number of nitro groups is 1. The first-order chi connectivity index (χ1) is 12.5. The van der Waals surface area contributed by atoms with Crippen molar-refractivity contribution >= 4 is 28.7 Å². The van der Waals surface area contributed by atoms with Crippen LogP contribution in [-0.2, 0) is 0 Å². The zero-order valence-electron chi connectivity index (χ0n) is 14.4. The largest absolute Gasteiger partial charge is 0.393 e. The number of benzene rings is 2. The second-order valence-electron chi connectivity index (χ2n) is 6.59. The molecule has 2 aromatic rings. The fraction of sp³-hybridized carbons (Fsp3) is 0.316. The van der Waals surface area contributed by atoms with Crippen LogP contribution in [0.5, 0.6) is 0 Å². The second kappa shape index (κ2) is 7.86. The van der Waals surface area contributed by atoms with Crippen LogP contribution >= 0.6 is 0 Å². The molecule has 1 amide bonds. The van der Waals surface area contributed by atoms with Gasteiger partial charge in [-0.2, -0.15) is 0 Å². The third-order valence-electron chi connectivity index (χ3n) is 4.70. The van der Waals surface area contributed by atoms with E-state index in [0.717, 1.165) is 18.2 Å². The zero-order valence-corrected chi connectivity index (χ0v) is 14.4. The molecule has 0 bridgehead atoms. The number of nitro benzene ring substituents is 1. The highest BCUT2D eigenvalue weighted by Gasteiger charge is 2.16. The van der Waals surface area contributed by atoms with Gasteiger partial charge in [0.25, 0.3) is 11.6 Å². The second-order valence-corrected chi connectivity index (χ2v) is 6.59. The Balaban J connectivity index is 1.60. The third kappa shape index (κ3) is 4.30. The monoisotopic (exact) mass is 354 g/mol. The molecule has 7 nitrogen and oxygen atoms in total. The molecule has 1 fully saturated rings. The Labute approximate surface area is 151 Å². The summed E-state index contributed by atoms with van der Waals surface area (Å²) in [5, 5.41) is 17.1. The van der Waals surface area contributed by atoms with Crippen molar-refractivity contribution in [3.8, 4) is 0 Å². The highest BCUT2D eigenvalue weighted by Crippen LogP contribution is 2.26. The molecular formula is C19H22N4O3. The summed E-state index contributed by atoms with van der Waals surface area (Å²) >= 11 is 0. The van der Waals surface area contributed by atoms with Crippen LogP contribution in [0.2, 0.25) is 0 Å². The van der Waals surface area contributed by atoms with Gasteiger partial charge in [0.2, 0.25) is 0 Å². The van der Waals surface area contributed by atoms with Gasteiger partial charge in [-0.05, 0) is 55.2 Å². The standard InChI is InChI=1S/C19H22N4O3/c20-17-10-5-14(11-18(17)23(25)26)19(24)22-16-8-6-15(7-9-16)21-12-13-3-1-2-4-13/h5-11,13,21H,1-4,12,20H2,(H,22,24). The van der Waals surface area contributed by atoms with Gasteiger partial charge in [0.15, 0.2) is 0 Å². The quantitative estimate of drug-likeness (QED) is 0.412. The molecule has 3 rings (SSSR count). The van der Waals surface area contributed by atoms with E-state index < -0.39 is 10.8 Å². The van der Waals surface area contributed by atoms with Gasteiger partial charge in [0.05, 0.1) is 4.92 Å². The van der Waals surface area contributed by atoms with Gasteiger partial charge in [-0.15, -0.1) is 0 Å². The van der Waals surface area contributed by atoms with Gasteiger partial charge in [0, 0.05) is 29.5 Å². The minimum atomic E-state index is -0.600. The normalized spacial score (nSPS) is 14.2. The lowest BCUT2D eigenvalue weighted by molar-refractivity contribution is -0.383. The number of nitrogens with zero attached hydrogens (tertiary/aromatic N) is 1. The molecule has 1 aliphatic carbocycles. The number of anilines is 3. The Morgan fingerprint density at radius 3 is 2.42 bits per heavy atom. The van der Waals surface area contributed by atoms with Crippen LogP contribution in [0.25, 0.3) is 0 Å². The number of carbonyl (C=O) groups is 1. The first-order valence-electron chi connectivity index (χ1n) is 8.72.